The highest BCUT2D eigenvalue weighted by Gasteiger charge is 2.20. The van der Waals surface area contributed by atoms with Gasteiger partial charge in [-0.15, -0.1) is 0 Å². The summed E-state index contributed by atoms with van der Waals surface area (Å²) in [7, 11) is 0. The fraction of sp³-hybridized carbons (Fsp3) is 0. The van der Waals surface area contributed by atoms with E-state index in [1.54, 1.807) is 48.5 Å². The molecule has 18 heavy (non-hydrogen) atoms. The summed E-state index contributed by atoms with van der Waals surface area (Å²) in [6.07, 6.45) is 0. The number of urea groups is 1. The van der Waals surface area contributed by atoms with Crippen LogP contribution in [-0.4, -0.2) is 6.03 Å². The molecule has 0 aliphatic rings. The van der Waals surface area contributed by atoms with Crippen LogP contribution in [0.3, 0.4) is 0 Å². The van der Waals surface area contributed by atoms with Crippen molar-refractivity contribution in [3.05, 3.63) is 60.7 Å². The molecule has 2 aromatic rings. The van der Waals surface area contributed by atoms with Gasteiger partial charge in [-0.05, 0) is 24.3 Å². The first-order valence-electron chi connectivity index (χ1n) is 5.26. The molecule has 0 aliphatic carbocycles. The Morgan fingerprint density at radius 3 is 1.39 bits per heavy atom. The van der Waals surface area contributed by atoms with Gasteiger partial charge >= 0.3 is 6.03 Å². The first kappa shape index (κ1) is 12.7. The lowest BCUT2D eigenvalue weighted by Gasteiger charge is -2.20. The van der Waals surface area contributed by atoms with Crippen molar-refractivity contribution in [1.82, 2.24) is 0 Å². The van der Waals surface area contributed by atoms with Crippen molar-refractivity contribution in [2.45, 2.75) is 0 Å². The summed E-state index contributed by atoms with van der Waals surface area (Å²) in [5.41, 5.74) is 1.12. The molecule has 5 heteroatoms. The summed E-state index contributed by atoms with van der Waals surface area (Å²) in [6.45, 7) is 0. The molecule has 2 aromatic carbocycles. The van der Waals surface area contributed by atoms with Crippen molar-refractivity contribution in [2.75, 3.05) is 8.84 Å². The van der Waals surface area contributed by atoms with Gasteiger partial charge in [-0.1, -0.05) is 36.4 Å². The lowest BCUT2D eigenvalue weighted by atomic mass is 10.3. The standard InChI is InChI=1S/C13H10Cl2N2O/c14-16(11-7-3-1-4-8-11)13(18)17(15)12-9-5-2-6-10-12/h1-10H. The Labute approximate surface area is 115 Å². The van der Waals surface area contributed by atoms with Crippen molar-refractivity contribution in [2.24, 2.45) is 0 Å². The second-order valence-electron chi connectivity index (χ2n) is 3.52. The summed E-state index contributed by atoms with van der Waals surface area (Å²) >= 11 is 11.9. The van der Waals surface area contributed by atoms with Gasteiger partial charge < -0.3 is 0 Å². The molecule has 0 bridgehead atoms. The minimum atomic E-state index is -0.532. The minimum Gasteiger partial charge on any atom is -0.245 e. The number of anilines is 2. The summed E-state index contributed by atoms with van der Waals surface area (Å²) in [6, 6.07) is 17.2. The van der Waals surface area contributed by atoms with Crippen molar-refractivity contribution >= 4 is 41.0 Å². The van der Waals surface area contributed by atoms with Crippen LogP contribution in [0, 0.1) is 0 Å². The predicted molar refractivity (Wildman–Crippen MR) is 74.9 cm³/mol. The van der Waals surface area contributed by atoms with Crippen molar-refractivity contribution < 1.29 is 4.79 Å². The zero-order valence-electron chi connectivity index (χ0n) is 9.33. The van der Waals surface area contributed by atoms with Crippen LogP contribution < -0.4 is 8.84 Å². The van der Waals surface area contributed by atoms with Crippen molar-refractivity contribution in [3.63, 3.8) is 0 Å². The van der Waals surface area contributed by atoms with Gasteiger partial charge in [-0.25, -0.2) is 13.6 Å². The Hall–Kier alpha value is -1.71. The van der Waals surface area contributed by atoms with Crippen LogP contribution in [0.25, 0.3) is 0 Å². The van der Waals surface area contributed by atoms with Crippen molar-refractivity contribution in [1.29, 1.82) is 0 Å². The van der Waals surface area contributed by atoms with E-state index in [4.69, 9.17) is 23.6 Å². The monoisotopic (exact) mass is 280 g/mol. The van der Waals surface area contributed by atoms with E-state index in [2.05, 4.69) is 0 Å². The van der Waals surface area contributed by atoms with E-state index < -0.39 is 6.03 Å². The smallest absolute Gasteiger partial charge is 0.245 e. The number of nitrogens with zero attached hydrogens (tertiary/aromatic N) is 2. The van der Waals surface area contributed by atoms with E-state index in [-0.39, 0.29) is 0 Å². The van der Waals surface area contributed by atoms with Gasteiger partial charge in [0.2, 0.25) is 0 Å². The SMILES string of the molecule is O=C(N(Cl)c1ccccc1)N(Cl)c1ccccc1. The number of para-hydroxylation sites is 2. The molecule has 0 radical (unpaired) electrons. The minimum absolute atomic E-state index is 0.532. The molecule has 0 aromatic heterocycles. The Bertz CT molecular complexity index is 472. The number of benzene rings is 2. The largest absolute Gasteiger partial charge is 0.358 e. The average molecular weight is 281 g/mol. The summed E-state index contributed by atoms with van der Waals surface area (Å²) in [5.74, 6) is 0. The fourth-order valence-electron chi connectivity index (χ4n) is 1.42. The molecule has 0 saturated heterocycles. The van der Waals surface area contributed by atoms with Crippen LogP contribution in [0.4, 0.5) is 16.2 Å². The predicted octanol–water partition coefficient (Wildman–Crippen LogP) is 4.43. The molecule has 0 aliphatic heterocycles. The van der Waals surface area contributed by atoms with Crippen molar-refractivity contribution in [3.8, 4) is 0 Å². The maximum atomic E-state index is 12.0. The number of carbonyl (C=O) groups is 1. The second kappa shape index (κ2) is 5.76. The lowest BCUT2D eigenvalue weighted by molar-refractivity contribution is 0.257. The Morgan fingerprint density at radius 2 is 1.06 bits per heavy atom. The van der Waals surface area contributed by atoms with Crippen LogP contribution in [0.5, 0.6) is 0 Å². The number of hydrogen-bond acceptors (Lipinski definition) is 1. The molecular weight excluding hydrogens is 271 g/mol. The van der Waals surface area contributed by atoms with Crippen LogP contribution in [0.2, 0.25) is 0 Å². The maximum absolute atomic E-state index is 12.0. The molecule has 0 fully saturated rings. The van der Waals surface area contributed by atoms with E-state index in [9.17, 15) is 4.79 Å². The number of amides is 2. The molecule has 2 amide bonds. The highest BCUT2D eigenvalue weighted by atomic mass is 35.5. The third kappa shape index (κ3) is 2.75. The Morgan fingerprint density at radius 1 is 0.722 bits per heavy atom. The van der Waals surface area contributed by atoms with E-state index in [1.807, 2.05) is 12.1 Å². The number of rotatable bonds is 2. The number of halogens is 2. The van der Waals surface area contributed by atoms with Crippen LogP contribution >= 0.6 is 23.6 Å². The normalized spacial score (nSPS) is 9.89. The summed E-state index contributed by atoms with van der Waals surface area (Å²) < 4.78 is 1.94. The summed E-state index contributed by atoms with van der Waals surface area (Å²) in [5, 5.41) is 0. The first-order chi connectivity index (χ1) is 8.70. The third-order valence-electron chi connectivity index (χ3n) is 2.30. The average Bonchev–Trinajstić information content (AvgIpc) is 2.47. The van der Waals surface area contributed by atoms with Gasteiger partial charge in [0.25, 0.3) is 0 Å². The van der Waals surface area contributed by atoms with Gasteiger partial charge in [-0.2, -0.15) is 0 Å². The number of carbonyl (C=O) groups excluding carboxylic acids is 1. The molecule has 0 saturated carbocycles. The topological polar surface area (TPSA) is 23.6 Å². The Kier molecular flexibility index (Phi) is 4.07. The number of hydrogen-bond donors (Lipinski definition) is 0. The van der Waals surface area contributed by atoms with Crippen LogP contribution in [-0.2, 0) is 0 Å². The molecule has 3 nitrogen and oxygen atoms in total. The molecule has 0 N–H and O–H groups in total. The van der Waals surface area contributed by atoms with Crippen LogP contribution in [0.15, 0.2) is 60.7 Å². The quantitative estimate of drug-likeness (QED) is 0.747. The highest BCUT2D eigenvalue weighted by Crippen LogP contribution is 2.23. The third-order valence-corrected chi connectivity index (χ3v) is 2.98. The molecule has 0 atom stereocenters. The van der Waals surface area contributed by atoms with Gasteiger partial charge in [0.1, 0.15) is 0 Å². The second-order valence-corrected chi connectivity index (χ2v) is 4.19. The molecule has 2 rings (SSSR count). The Balaban J connectivity index is 2.17. The van der Waals surface area contributed by atoms with E-state index in [0.29, 0.717) is 11.4 Å². The molecular formula is C13H10Cl2N2O. The lowest BCUT2D eigenvalue weighted by Crippen LogP contribution is -2.32. The zero-order valence-corrected chi connectivity index (χ0v) is 10.8. The van der Waals surface area contributed by atoms with Gasteiger partial charge in [-0.3, -0.25) is 0 Å². The molecule has 0 heterocycles. The van der Waals surface area contributed by atoms with Crippen LogP contribution in [0.1, 0.15) is 0 Å². The fourth-order valence-corrected chi connectivity index (χ4v) is 1.83. The van der Waals surface area contributed by atoms with Gasteiger partial charge in [0.05, 0.1) is 11.4 Å². The molecule has 92 valence electrons. The van der Waals surface area contributed by atoms with E-state index >= 15 is 0 Å². The maximum Gasteiger partial charge on any atom is 0.358 e. The van der Waals surface area contributed by atoms with Gasteiger partial charge in [0.15, 0.2) is 0 Å². The first-order valence-corrected chi connectivity index (χ1v) is 5.93. The summed E-state index contributed by atoms with van der Waals surface area (Å²) in [4.78, 5) is 12.0. The zero-order chi connectivity index (χ0) is 13.0. The molecule has 0 unspecified atom stereocenters. The van der Waals surface area contributed by atoms with E-state index in [0.717, 1.165) is 8.84 Å². The van der Waals surface area contributed by atoms with E-state index in [1.165, 1.54) is 0 Å². The highest BCUT2D eigenvalue weighted by molar-refractivity contribution is 6.46. The molecule has 0 spiro atoms. The van der Waals surface area contributed by atoms with Gasteiger partial charge in [0, 0.05) is 23.6 Å².